The van der Waals surface area contributed by atoms with Crippen LogP contribution in [0, 0.1) is 5.92 Å². The number of pyridine rings is 1. The third-order valence-electron chi connectivity index (χ3n) is 3.71. The van der Waals surface area contributed by atoms with E-state index in [4.69, 9.17) is 16.3 Å². The van der Waals surface area contributed by atoms with Gasteiger partial charge in [0.05, 0.1) is 6.10 Å². The van der Waals surface area contributed by atoms with Crippen molar-refractivity contribution >= 4 is 34.2 Å². The summed E-state index contributed by atoms with van der Waals surface area (Å²) < 4.78 is 5.59. The van der Waals surface area contributed by atoms with Crippen molar-refractivity contribution in [3.8, 4) is 11.5 Å². The Bertz CT molecular complexity index is 851. The molecule has 3 N–H and O–H groups in total. The summed E-state index contributed by atoms with van der Waals surface area (Å²) in [6.45, 7) is 7.08. The highest BCUT2D eigenvalue weighted by atomic mass is 35.5. The van der Waals surface area contributed by atoms with Crippen molar-refractivity contribution in [2.45, 2.75) is 39.8 Å². The fourth-order valence-electron chi connectivity index (χ4n) is 2.47. The van der Waals surface area contributed by atoms with E-state index in [1.807, 2.05) is 13.8 Å². The first-order valence-corrected chi connectivity index (χ1v) is 8.52. The molecule has 8 heteroatoms. The summed E-state index contributed by atoms with van der Waals surface area (Å²) >= 11 is 6.17. The van der Waals surface area contributed by atoms with Crippen LogP contribution in [0.1, 0.15) is 38.2 Å². The van der Waals surface area contributed by atoms with Gasteiger partial charge in [-0.05, 0) is 38.0 Å². The molecule has 1 atom stereocenters. The lowest BCUT2D eigenvalue weighted by molar-refractivity contribution is -0.140. The smallest absolute Gasteiger partial charge is 0.326 e. The molecule has 0 unspecified atom stereocenters. The molecule has 0 radical (unpaired) electrons. The quantitative estimate of drug-likeness (QED) is 0.664. The Morgan fingerprint density at radius 2 is 1.85 bits per heavy atom. The van der Waals surface area contributed by atoms with Crippen LogP contribution in [-0.2, 0) is 4.79 Å². The van der Waals surface area contributed by atoms with Gasteiger partial charge in [-0.15, -0.1) is 0 Å². The van der Waals surface area contributed by atoms with E-state index in [2.05, 4.69) is 10.3 Å². The first kappa shape index (κ1) is 19.8. The molecule has 0 fully saturated rings. The van der Waals surface area contributed by atoms with Crippen molar-refractivity contribution in [2.75, 3.05) is 0 Å². The number of rotatable bonds is 6. The van der Waals surface area contributed by atoms with Gasteiger partial charge in [0.1, 0.15) is 16.9 Å². The van der Waals surface area contributed by atoms with Crippen LogP contribution in [0.5, 0.6) is 11.5 Å². The number of carboxylic acid groups (broad SMARTS) is 1. The maximum atomic E-state index is 12.4. The second-order valence-electron chi connectivity index (χ2n) is 6.51. The number of hydrogen-bond donors (Lipinski definition) is 3. The van der Waals surface area contributed by atoms with Gasteiger partial charge in [0.2, 0.25) is 0 Å². The van der Waals surface area contributed by atoms with Crippen molar-refractivity contribution in [1.29, 1.82) is 0 Å². The Kier molecular flexibility index (Phi) is 5.92. The summed E-state index contributed by atoms with van der Waals surface area (Å²) in [6.07, 6.45) is -0.0400. The van der Waals surface area contributed by atoms with Crippen LogP contribution in [0.15, 0.2) is 18.2 Å². The molecular formula is C18H21ClN2O5. The van der Waals surface area contributed by atoms with Gasteiger partial charge in [0.25, 0.3) is 5.91 Å². The summed E-state index contributed by atoms with van der Waals surface area (Å²) in [4.78, 5) is 27.6. The van der Waals surface area contributed by atoms with E-state index in [0.717, 1.165) is 0 Å². The topological polar surface area (TPSA) is 109 Å². The van der Waals surface area contributed by atoms with E-state index in [1.165, 1.54) is 0 Å². The van der Waals surface area contributed by atoms with E-state index in [1.54, 1.807) is 32.0 Å². The maximum Gasteiger partial charge on any atom is 0.326 e. The molecule has 1 aromatic heterocycles. The lowest BCUT2D eigenvalue weighted by atomic mass is 10.0. The number of aromatic nitrogens is 1. The SMILES string of the molecule is CC(C)Oc1ccc2c(O)c(C(=O)N[C@H](C(=O)O)C(C)C)nc(Cl)c2c1. The van der Waals surface area contributed by atoms with E-state index in [-0.39, 0.29) is 28.6 Å². The molecule has 1 aromatic carbocycles. The Hall–Kier alpha value is -2.54. The second-order valence-corrected chi connectivity index (χ2v) is 6.87. The Morgan fingerprint density at radius 3 is 2.38 bits per heavy atom. The number of fused-ring (bicyclic) bond motifs is 1. The molecule has 0 aliphatic carbocycles. The molecule has 0 bridgehead atoms. The summed E-state index contributed by atoms with van der Waals surface area (Å²) in [6, 6.07) is 3.73. The van der Waals surface area contributed by atoms with Crippen molar-refractivity contribution in [3.63, 3.8) is 0 Å². The number of hydrogen-bond acceptors (Lipinski definition) is 5. The molecule has 2 rings (SSSR count). The van der Waals surface area contributed by atoms with E-state index in [0.29, 0.717) is 16.5 Å². The van der Waals surface area contributed by atoms with E-state index >= 15 is 0 Å². The van der Waals surface area contributed by atoms with Crippen molar-refractivity contribution in [1.82, 2.24) is 10.3 Å². The summed E-state index contributed by atoms with van der Waals surface area (Å²) in [5.74, 6) is -2.14. The van der Waals surface area contributed by atoms with Crippen LogP contribution >= 0.6 is 11.6 Å². The van der Waals surface area contributed by atoms with Crippen LogP contribution in [0.3, 0.4) is 0 Å². The Morgan fingerprint density at radius 1 is 1.19 bits per heavy atom. The minimum atomic E-state index is -1.17. The van der Waals surface area contributed by atoms with Gasteiger partial charge in [-0.2, -0.15) is 0 Å². The largest absolute Gasteiger partial charge is 0.505 e. The van der Waals surface area contributed by atoms with Gasteiger partial charge in [-0.3, -0.25) is 4.79 Å². The number of carbonyl (C=O) groups excluding carboxylic acids is 1. The number of carboxylic acids is 1. The number of nitrogens with one attached hydrogen (secondary N) is 1. The van der Waals surface area contributed by atoms with Crippen LogP contribution in [0.2, 0.25) is 5.15 Å². The molecule has 0 saturated carbocycles. The van der Waals surface area contributed by atoms with Gasteiger partial charge in [-0.25, -0.2) is 9.78 Å². The number of amides is 1. The fraction of sp³-hybridized carbons (Fsp3) is 0.389. The van der Waals surface area contributed by atoms with E-state index < -0.39 is 17.9 Å². The molecule has 0 aliphatic heterocycles. The zero-order valence-corrected chi connectivity index (χ0v) is 15.7. The van der Waals surface area contributed by atoms with Gasteiger partial charge in [0.15, 0.2) is 11.4 Å². The molecule has 140 valence electrons. The van der Waals surface area contributed by atoms with Crippen molar-refractivity contribution in [2.24, 2.45) is 5.92 Å². The molecule has 2 aromatic rings. The zero-order valence-electron chi connectivity index (χ0n) is 14.9. The molecule has 7 nitrogen and oxygen atoms in total. The zero-order chi connectivity index (χ0) is 19.6. The minimum absolute atomic E-state index is 0.00794. The molecule has 0 spiro atoms. The Balaban J connectivity index is 2.44. The number of nitrogens with zero attached hydrogens (tertiary/aromatic N) is 1. The third kappa shape index (κ3) is 4.16. The van der Waals surface area contributed by atoms with Gasteiger partial charge < -0.3 is 20.3 Å². The molecule has 0 saturated heterocycles. The number of halogens is 1. The number of benzene rings is 1. The lowest BCUT2D eigenvalue weighted by Crippen LogP contribution is -2.44. The van der Waals surface area contributed by atoms with Crippen molar-refractivity contribution in [3.05, 3.63) is 29.0 Å². The van der Waals surface area contributed by atoms with Gasteiger partial charge in [-0.1, -0.05) is 25.4 Å². The van der Waals surface area contributed by atoms with Crippen molar-refractivity contribution < 1.29 is 24.5 Å². The van der Waals surface area contributed by atoms with Crippen LogP contribution in [0.4, 0.5) is 0 Å². The predicted octanol–water partition coefficient (Wildman–Crippen LogP) is 3.22. The number of carbonyl (C=O) groups is 2. The van der Waals surface area contributed by atoms with Gasteiger partial charge in [0, 0.05) is 10.8 Å². The highest BCUT2D eigenvalue weighted by Crippen LogP contribution is 2.34. The average molecular weight is 381 g/mol. The highest BCUT2D eigenvalue weighted by Gasteiger charge is 2.27. The molecule has 1 heterocycles. The first-order valence-electron chi connectivity index (χ1n) is 8.14. The second kappa shape index (κ2) is 7.78. The van der Waals surface area contributed by atoms with E-state index in [9.17, 15) is 19.8 Å². The molecule has 0 aliphatic rings. The molecule has 1 amide bonds. The normalized spacial score (nSPS) is 12.4. The Labute approximate surface area is 155 Å². The van der Waals surface area contributed by atoms with Crippen LogP contribution in [-0.4, -0.2) is 39.2 Å². The molecular weight excluding hydrogens is 360 g/mol. The predicted molar refractivity (Wildman–Crippen MR) is 97.9 cm³/mol. The minimum Gasteiger partial charge on any atom is -0.505 e. The maximum absolute atomic E-state index is 12.4. The molecule has 26 heavy (non-hydrogen) atoms. The van der Waals surface area contributed by atoms with Crippen LogP contribution in [0.25, 0.3) is 10.8 Å². The van der Waals surface area contributed by atoms with Gasteiger partial charge >= 0.3 is 5.97 Å². The monoisotopic (exact) mass is 380 g/mol. The lowest BCUT2D eigenvalue weighted by Gasteiger charge is -2.18. The first-order chi connectivity index (χ1) is 12.1. The summed E-state index contributed by atoms with van der Waals surface area (Å²) in [7, 11) is 0. The third-order valence-corrected chi connectivity index (χ3v) is 4.00. The number of ether oxygens (including phenoxy) is 1. The fourth-order valence-corrected chi connectivity index (χ4v) is 2.71. The standard InChI is InChI=1S/C18H21ClN2O5/c1-8(2)13(18(24)25)21-17(23)14-15(22)11-6-5-10(26-9(3)4)7-12(11)16(19)20-14/h5-9,13,22H,1-4H3,(H,21,23)(H,24,25)/t13-/m0/s1. The van der Waals surface area contributed by atoms with Crippen LogP contribution < -0.4 is 10.1 Å². The highest BCUT2D eigenvalue weighted by molar-refractivity contribution is 6.35. The summed E-state index contributed by atoms with van der Waals surface area (Å²) in [5.41, 5.74) is -0.327. The number of aromatic hydroxyl groups is 1. The average Bonchev–Trinajstić information content (AvgIpc) is 2.54. The number of aliphatic carboxylic acids is 1. The summed E-state index contributed by atoms with van der Waals surface area (Å²) in [5, 5.41) is 22.8.